The number of esters is 1. The standard InChI is InChI=1S/C26H51NO3S/c1-5-7-9-11-12-14-17-23(16-13-10-8-6-2)26(28)29-22-24-18-19-25(30-24)31-21-15-20-27(3)4/h23-25H,5-22H2,1-4H3. The summed E-state index contributed by atoms with van der Waals surface area (Å²) in [6, 6.07) is 0. The molecule has 0 saturated carbocycles. The van der Waals surface area contributed by atoms with Gasteiger partial charge in [-0.25, -0.2) is 0 Å². The molecule has 4 nitrogen and oxygen atoms in total. The normalized spacial score (nSPS) is 19.8. The first-order valence-corrected chi connectivity index (χ1v) is 14.2. The summed E-state index contributed by atoms with van der Waals surface area (Å²) in [5.74, 6) is 1.24. The smallest absolute Gasteiger partial charge is 0.309 e. The molecule has 1 rings (SSSR count). The van der Waals surface area contributed by atoms with Gasteiger partial charge in [0, 0.05) is 0 Å². The third kappa shape index (κ3) is 15.2. The molecular weight excluding hydrogens is 406 g/mol. The third-order valence-corrected chi connectivity index (χ3v) is 7.42. The molecule has 31 heavy (non-hydrogen) atoms. The Labute approximate surface area is 197 Å². The highest BCUT2D eigenvalue weighted by Gasteiger charge is 2.28. The Morgan fingerprint density at radius 3 is 2.19 bits per heavy atom. The first-order valence-electron chi connectivity index (χ1n) is 13.1. The summed E-state index contributed by atoms with van der Waals surface area (Å²) in [7, 11) is 4.23. The molecule has 1 heterocycles. The lowest BCUT2D eigenvalue weighted by Gasteiger charge is -2.18. The molecule has 0 aliphatic carbocycles. The van der Waals surface area contributed by atoms with Gasteiger partial charge >= 0.3 is 5.97 Å². The van der Waals surface area contributed by atoms with Crippen molar-refractivity contribution in [1.82, 2.24) is 4.90 Å². The van der Waals surface area contributed by atoms with Crippen molar-refractivity contribution in [2.24, 2.45) is 5.92 Å². The second-order valence-electron chi connectivity index (χ2n) is 9.53. The van der Waals surface area contributed by atoms with E-state index in [-0.39, 0.29) is 23.4 Å². The number of rotatable bonds is 20. The summed E-state index contributed by atoms with van der Waals surface area (Å²) in [5, 5.41) is 0. The van der Waals surface area contributed by atoms with Crippen LogP contribution in [0.1, 0.15) is 110 Å². The highest BCUT2D eigenvalue weighted by molar-refractivity contribution is 7.99. The Morgan fingerprint density at radius 1 is 0.935 bits per heavy atom. The van der Waals surface area contributed by atoms with Crippen molar-refractivity contribution in [3.63, 3.8) is 0 Å². The van der Waals surface area contributed by atoms with E-state index < -0.39 is 0 Å². The molecule has 0 spiro atoms. The average Bonchev–Trinajstić information content (AvgIpc) is 3.21. The summed E-state index contributed by atoms with van der Waals surface area (Å²) in [4.78, 5) is 15.0. The van der Waals surface area contributed by atoms with Crippen LogP contribution in [0.15, 0.2) is 0 Å². The van der Waals surface area contributed by atoms with Gasteiger partial charge in [-0.15, -0.1) is 11.8 Å². The van der Waals surface area contributed by atoms with E-state index in [9.17, 15) is 4.79 Å². The molecule has 0 aromatic heterocycles. The number of carbonyl (C=O) groups is 1. The summed E-state index contributed by atoms with van der Waals surface area (Å²) in [6.45, 7) is 6.05. The zero-order valence-electron chi connectivity index (χ0n) is 21.0. The maximum atomic E-state index is 12.8. The lowest BCUT2D eigenvalue weighted by Crippen LogP contribution is -2.24. The lowest BCUT2D eigenvalue weighted by molar-refractivity contribution is -0.152. The minimum absolute atomic E-state index is 0.0238. The van der Waals surface area contributed by atoms with Gasteiger partial charge in [-0.2, -0.15) is 0 Å². The largest absolute Gasteiger partial charge is 0.463 e. The van der Waals surface area contributed by atoms with E-state index >= 15 is 0 Å². The zero-order valence-corrected chi connectivity index (χ0v) is 21.9. The van der Waals surface area contributed by atoms with E-state index in [2.05, 4.69) is 32.8 Å². The third-order valence-electron chi connectivity index (χ3n) is 6.18. The second kappa shape index (κ2) is 19.2. The molecule has 0 radical (unpaired) electrons. The van der Waals surface area contributed by atoms with Crippen LogP contribution in [-0.4, -0.2) is 55.4 Å². The molecule has 1 aliphatic rings. The van der Waals surface area contributed by atoms with Gasteiger partial charge in [-0.3, -0.25) is 4.79 Å². The number of ether oxygens (including phenoxy) is 2. The van der Waals surface area contributed by atoms with E-state index in [0.29, 0.717) is 6.61 Å². The molecule has 5 heteroatoms. The Balaban J connectivity index is 2.27. The monoisotopic (exact) mass is 457 g/mol. The molecule has 0 N–H and O–H groups in total. The molecule has 1 saturated heterocycles. The van der Waals surface area contributed by atoms with E-state index in [4.69, 9.17) is 9.47 Å². The highest BCUT2D eigenvalue weighted by atomic mass is 32.2. The van der Waals surface area contributed by atoms with Gasteiger partial charge in [-0.1, -0.05) is 78.1 Å². The highest BCUT2D eigenvalue weighted by Crippen LogP contribution is 2.29. The number of unbranched alkanes of at least 4 members (excludes halogenated alkanes) is 8. The maximum Gasteiger partial charge on any atom is 0.309 e. The molecule has 3 unspecified atom stereocenters. The van der Waals surface area contributed by atoms with Crippen LogP contribution in [0.5, 0.6) is 0 Å². The molecule has 0 aromatic rings. The fourth-order valence-corrected chi connectivity index (χ4v) is 5.27. The van der Waals surface area contributed by atoms with Crippen molar-refractivity contribution >= 4 is 17.7 Å². The number of carbonyl (C=O) groups excluding carboxylic acids is 1. The van der Waals surface area contributed by atoms with E-state index in [1.54, 1.807) is 0 Å². The van der Waals surface area contributed by atoms with Crippen molar-refractivity contribution in [2.75, 3.05) is 33.0 Å². The van der Waals surface area contributed by atoms with Gasteiger partial charge in [0.25, 0.3) is 0 Å². The summed E-state index contributed by atoms with van der Waals surface area (Å²) >= 11 is 1.92. The number of thioether (sulfide) groups is 1. The molecule has 1 fully saturated rings. The van der Waals surface area contributed by atoms with Crippen LogP contribution in [0.4, 0.5) is 0 Å². The minimum Gasteiger partial charge on any atom is -0.463 e. The molecule has 184 valence electrons. The number of hydrogen-bond donors (Lipinski definition) is 0. The first kappa shape index (κ1) is 28.8. The van der Waals surface area contributed by atoms with Crippen LogP contribution in [-0.2, 0) is 14.3 Å². The first-order chi connectivity index (χ1) is 15.1. The van der Waals surface area contributed by atoms with Gasteiger partial charge in [0.15, 0.2) is 0 Å². The van der Waals surface area contributed by atoms with Crippen LogP contribution in [0.2, 0.25) is 0 Å². The molecule has 0 bridgehead atoms. The van der Waals surface area contributed by atoms with Gasteiger partial charge in [0.1, 0.15) is 12.0 Å². The molecular formula is C26H51NO3S. The fraction of sp³-hybridized carbons (Fsp3) is 0.962. The Hall–Kier alpha value is -0.260. The average molecular weight is 458 g/mol. The zero-order chi connectivity index (χ0) is 22.7. The van der Waals surface area contributed by atoms with E-state index in [1.807, 2.05) is 11.8 Å². The number of nitrogens with zero attached hydrogens (tertiary/aromatic N) is 1. The van der Waals surface area contributed by atoms with Gasteiger partial charge in [-0.05, 0) is 58.5 Å². The fourth-order valence-electron chi connectivity index (χ4n) is 4.18. The van der Waals surface area contributed by atoms with E-state index in [0.717, 1.165) is 50.8 Å². The maximum absolute atomic E-state index is 12.8. The predicted octanol–water partition coefficient (Wildman–Crippen LogP) is 7.06. The van der Waals surface area contributed by atoms with Crippen LogP contribution >= 0.6 is 11.8 Å². The van der Waals surface area contributed by atoms with Crippen LogP contribution in [0.3, 0.4) is 0 Å². The summed E-state index contributed by atoms with van der Waals surface area (Å²) in [5.41, 5.74) is 0.277. The van der Waals surface area contributed by atoms with Crippen molar-refractivity contribution in [2.45, 2.75) is 122 Å². The predicted molar refractivity (Wildman–Crippen MR) is 135 cm³/mol. The molecule has 0 amide bonds. The van der Waals surface area contributed by atoms with Crippen LogP contribution < -0.4 is 0 Å². The molecule has 0 aromatic carbocycles. The van der Waals surface area contributed by atoms with Crippen molar-refractivity contribution in [3.8, 4) is 0 Å². The SMILES string of the molecule is CCCCCCCCC(CCCCCC)C(=O)OCC1CCC(SCCCN(C)C)O1. The Kier molecular flexibility index (Phi) is 17.8. The van der Waals surface area contributed by atoms with Gasteiger partial charge < -0.3 is 14.4 Å². The minimum atomic E-state index is 0.0238. The number of hydrogen-bond acceptors (Lipinski definition) is 5. The Morgan fingerprint density at radius 2 is 1.55 bits per heavy atom. The van der Waals surface area contributed by atoms with Crippen molar-refractivity contribution in [3.05, 3.63) is 0 Å². The van der Waals surface area contributed by atoms with Crippen molar-refractivity contribution < 1.29 is 14.3 Å². The summed E-state index contributed by atoms with van der Waals surface area (Å²) in [6.07, 6.45) is 17.9. The second-order valence-corrected chi connectivity index (χ2v) is 10.8. The summed E-state index contributed by atoms with van der Waals surface area (Å²) < 4.78 is 11.9. The van der Waals surface area contributed by atoms with Gasteiger partial charge in [0.05, 0.1) is 12.0 Å². The quantitative estimate of drug-likeness (QED) is 0.145. The molecule has 3 atom stereocenters. The Bertz CT molecular complexity index is 433. The topological polar surface area (TPSA) is 38.8 Å². The van der Waals surface area contributed by atoms with E-state index in [1.165, 1.54) is 57.8 Å². The van der Waals surface area contributed by atoms with Gasteiger partial charge in [0.2, 0.25) is 0 Å². The lowest BCUT2D eigenvalue weighted by atomic mass is 9.94. The van der Waals surface area contributed by atoms with Crippen LogP contribution in [0, 0.1) is 5.92 Å². The van der Waals surface area contributed by atoms with Crippen LogP contribution in [0.25, 0.3) is 0 Å². The molecule has 1 aliphatic heterocycles. The van der Waals surface area contributed by atoms with Crippen molar-refractivity contribution in [1.29, 1.82) is 0 Å².